The Morgan fingerprint density at radius 3 is 2.44 bits per heavy atom. The van der Waals surface area contributed by atoms with E-state index >= 15 is 0 Å². The molecule has 5 nitrogen and oxygen atoms in total. The van der Waals surface area contributed by atoms with Gasteiger partial charge in [-0.25, -0.2) is 12.8 Å². The maximum Gasteiger partial charge on any atom is 0.243 e. The highest BCUT2D eigenvalue weighted by Crippen LogP contribution is 2.26. The minimum Gasteiger partial charge on any atom is -0.368 e. The van der Waals surface area contributed by atoms with Crippen molar-refractivity contribution in [3.05, 3.63) is 58.9 Å². The molecule has 130 valence electrons. The Morgan fingerprint density at radius 2 is 1.80 bits per heavy atom. The Morgan fingerprint density at radius 1 is 1.08 bits per heavy atom. The Balaban J connectivity index is 1.77. The van der Waals surface area contributed by atoms with E-state index in [4.69, 9.17) is 11.6 Å². The lowest BCUT2D eigenvalue weighted by atomic mass is 10.1. The molecule has 1 aliphatic heterocycles. The molecule has 1 heterocycles. The maximum atomic E-state index is 13.3. The van der Waals surface area contributed by atoms with Crippen LogP contribution in [0.4, 0.5) is 10.1 Å². The van der Waals surface area contributed by atoms with E-state index in [-0.39, 0.29) is 18.0 Å². The average molecular weight is 380 g/mol. The minimum absolute atomic E-state index is 0.0508. The molecule has 1 aliphatic rings. The number of hydrogen-bond donors (Lipinski definition) is 0. The van der Waals surface area contributed by atoms with Crippen molar-refractivity contribution in [2.24, 2.45) is 0 Å². The number of piperazine rings is 1. The smallest absolute Gasteiger partial charge is 0.243 e. The number of rotatable bonds is 3. The molecule has 0 saturated carbocycles. The summed E-state index contributed by atoms with van der Waals surface area (Å²) in [7, 11) is -3.73. The summed E-state index contributed by atoms with van der Waals surface area (Å²) in [6.45, 7) is 1.38. The van der Waals surface area contributed by atoms with Crippen LogP contribution in [0, 0.1) is 17.1 Å². The molecule has 1 saturated heterocycles. The number of nitriles is 1. The molecule has 0 aromatic heterocycles. The van der Waals surface area contributed by atoms with Gasteiger partial charge in [0.1, 0.15) is 11.9 Å². The van der Waals surface area contributed by atoms with Crippen LogP contribution in [-0.4, -0.2) is 38.9 Å². The second-order valence-electron chi connectivity index (χ2n) is 5.62. The van der Waals surface area contributed by atoms with E-state index in [2.05, 4.69) is 6.07 Å². The fourth-order valence-corrected chi connectivity index (χ4v) is 4.45. The van der Waals surface area contributed by atoms with Gasteiger partial charge in [-0.15, -0.1) is 0 Å². The van der Waals surface area contributed by atoms with Crippen LogP contribution >= 0.6 is 11.6 Å². The monoisotopic (exact) mass is 379 g/mol. The number of sulfonamides is 1. The van der Waals surface area contributed by atoms with Gasteiger partial charge in [-0.3, -0.25) is 0 Å². The summed E-state index contributed by atoms with van der Waals surface area (Å²) in [6, 6.07) is 12.2. The fraction of sp³-hybridized carbons (Fsp3) is 0.235. The Bertz CT molecular complexity index is 935. The Kier molecular flexibility index (Phi) is 4.95. The average Bonchev–Trinajstić information content (AvgIpc) is 2.61. The van der Waals surface area contributed by atoms with E-state index in [1.807, 2.05) is 4.90 Å². The van der Waals surface area contributed by atoms with Gasteiger partial charge in [0.2, 0.25) is 10.0 Å². The molecule has 8 heteroatoms. The third-order valence-electron chi connectivity index (χ3n) is 4.09. The van der Waals surface area contributed by atoms with Gasteiger partial charge in [0, 0.05) is 31.2 Å². The van der Waals surface area contributed by atoms with Crippen molar-refractivity contribution >= 4 is 27.3 Å². The Labute approximate surface area is 150 Å². The van der Waals surface area contributed by atoms with Crippen LogP contribution in [0.3, 0.4) is 0 Å². The summed E-state index contributed by atoms with van der Waals surface area (Å²) in [6.07, 6.45) is 0. The summed E-state index contributed by atoms with van der Waals surface area (Å²) in [4.78, 5) is 1.90. The zero-order chi connectivity index (χ0) is 18.0. The lowest BCUT2D eigenvalue weighted by molar-refractivity contribution is 0.384. The van der Waals surface area contributed by atoms with Gasteiger partial charge in [0.05, 0.1) is 16.1 Å². The van der Waals surface area contributed by atoms with Crippen LogP contribution < -0.4 is 4.90 Å². The summed E-state index contributed by atoms with van der Waals surface area (Å²) < 4.78 is 39.9. The number of benzene rings is 2. The van der Waals surface area contributed by atoms with Crippen molar-refractivity contribution in [1.82, 2.24) is 4.31 Å². The number of nitrogens with zero attached hydrogens (tertiary/aromatic N) is 3. The van der Waals surface area contributed by atoms with E-state index in [1.165, 1.54) is 22.5 Å². The van der Waals surface area contributed by atoms with Crippen molar-refractivity contribution in [3.63, 3.8) is 0 Å². The molecule has 0 N–H and O–H groups in total. The van der Waals surface area contributed by atoms with Crippen LogP contribution in [0.5, 0.6) is 0 Å². The van der Waals surface area contributed by atoms with Crippen LogP contribution in [0.1, 0.15) is 5.56 Å². The van der Waals surface area contributed by atoms with Gasteiger partial charge in [-0.05, 0) is 36.4 Å². The highest BCUT2D eigenvalue weighted by molar-refractivity contribution is 7.89. The van der Waals surface area contributed by atoms with Crippen molar-refractivity contribution in [2.75, 3.05) is 31.1 Å². The molecule has 0 amide bonds. The molecule has 0 spiro atoms. The van der Waals surface area contributed by atoms with E-state index in [9.17, 15) is 18.1 Å². The third kappa shape index (κ3) is 3.61. The molecule has 2 aromatic carbocycles. The molecule has 0 atom stereocenters. The second-order valence-corrected chi connectivity index (χ2v) is 8.00. The SMILES string of the molecule is N#Cc1cc(Cl)ccc1N1CCN(S(=O)(=O)c2cccc(F)c2)CC1. The van der Waals surface area contributed by atoms with Gasteiger partial charge >= 0.3 is 0 Å². The lowest BCUT2D eigenvalue weighted by Crippen LogP contribution is -2.48. The van der Waals surface area contributed by atoms with Gasteiger partial charge in [0.15, 0.2) is 0 Å². The van der Waals surface area contributed by atoms with E-state index in [0.29, 0.717) is 23.7 Å². The van der Waals surface area contributed by atoms with Crippen molar-refractivity contribution < 1.29 is 12.8 Å². The quantitative estimate of drug-likeness (QED) is 0.822. The molecule has 25 heavy (non-hydrogen) atoms. The zero-order valence-corrected chi connectivity index (χ0v) is 14.8. The van der Waals surface area contributed by atoms with Crippen LogP contribution in [-0.2, 0) is 10.0 Å². The molecule has 0 radical (unpaired) electrons. The van der Waals surface area contributed by atoms with Crippen molar-refractivity contribution in [1.29, 1.82) is 5.26 Å². The summed E-state index contributed by atoms with van der Waals surface area (Å²) in [5.74, 6) is -0.584. The standard InChI is InChI=1S/C17H15ClFN3O2S/c18-14-4-5-17(13(10-14)12-20)21-6-8-22(9-7-21)25(23,24)16-3-1-2-15(19)11-16/h1-5,10-11H,6-9H2. The van der Waals surface area contributed by atoms with E-state index in [0.717, 1.165) is 11.8 Å². The zero-order valence-electron chi connectivity index (χ0n) is 13.2. The van der Waals surface area contributed by atoms with Crippen LogP contribution in [0.2, 0.25) is 5.02 Å². The fourth-order valence-electron chi connectivity index (χ4n) is 2.82. The maximum absolute atomic E-state index is 13.3. The highest BCUT2D eigenvalue weighted by Gasteiger charge is 2.29. The van der Waals surface area contributed by atoms with Crippen molar-refractivity contribution in [3.8, 4) is 6.07 Å². The first-order valence-corrected chi connectivity index (χ1v) is 9.44. The predicted octanol–water partition coefficient (Wildman–Crippen LogP) is 2.86. The number of halogens is 2. The topological polar surface area (TPSA) is 64.4 Å². The van der Waals surface area contributed by atoms with E-state index < -0.39 is 15.8 Å². The summed E-state index contributed by atoms with van der Waals surface area (Å²) in [5.41, 5.74) is 1.18. The largest absolute Gasteiger partial charge is 0.368 e. The Hall–Kier alpha value is -2.14. The predicted molar refractivity (Wildman–Crippen MR) is 93.5 cm³/mol. The first-order valence-electron chi connectivity index (χ1n) is 7.62. The summed E-state index contributed by atoms with van der Waals surface area (Å²) in [5, 5.41) is 9.73. The molecule has 0 aliphatic carbocycles. The van der Waals surface area contributed by atoms with Gasteiger partial charge in [-0.1, -0.05) is 17.7 Å². The second kappa shape index (κ2) is 7.00. The molecule has 2 aromatic rings. The van der Waals surface area contributed by atoms with Crippen LogP contribution in [0.15, 0.2) is 47.4 Å². The normalized spacial score (nSPS) is 15.8. The molecule has 0 bridgehead atoms. The third-order valence-corrected chi connectivity index (χ3v) is 6.22. The van der Waals surface area contributed by atoms with Gasteiger partial charge in [-0.2, -0.15) is 9.57 Å². The highest BCUT2D eigenvalue weighted by atomic mass is 35.5. The van der Waals surface area contributed by atoms with Gasteiger partial charge < -0.3 is 4.90 Å². The first kappa shape index (κ1) is 17.7. The van der Waals surface area contributed by atoms with E-state index in [1.54, 1.807) is 18.2 Å². The summed E-state index contributed by atoms with van der Waals surface area (Å²) >= 11 is 5.91. The van der Waals surface area contributed by atoms with Crippen LogP contribution in [0.25, 0.3) is 0 Å². The van der Waals surface area contributed by atoms with Gasteiger partial charge in [0.25, 0.3) is 0 Å². The number of hydrogen-bond acceptors (Lipinski definition) is 4. The molecule has 3 rings (SSSR count). The number of anilines is 1. The first-order chi connectivity index (χ1) is 11.9. The van der Waals surface area contributed by atoms with Crippen molar-refractivity contribution in [2.45, 2.75) is 4.90 Å². The molecular formula is C17H15ClFN3O2S. The lowest BCUT2D eigenvalue weighted by Gasteiger charge is -2.35. The minimum atomic E-state index is -3.73. The molecule has 0 unspecified atom stereocenters. The molecule has 1 fully saturated rings. The molecular weight excluding hydrogens is 365 g/mol.